The Morgan fingerprint density at radius 2 is 1.88 bits per heavy atom. The Labute approximate surface area is 143 Å². The van der Waals surface area contributed by atoms with Crippen LogP contribution >= 0.6 is 0 Å². The second-order valence-electron chi connectivity index (χ2n) is 7.15. The van der Waals surface area contributed by atoms with Crippen LogP contribution in [0.2, 0.25) is 0 Å². The third kappa shape index (κ3) is 4.28. The molecule has 1 aliphatic heterocycles. The smallest absolute Gasteiger partial charge is 0.317 e. The average Bonchev–Trinajstić information content (AvgIpc) is 2.52. The largest absolute Gasteiger partial charge is 0.370 e. The summed E-state index contributed by atoms with van der Waals surface area (Å²) in [5, 5.41) is 2.99. The van der Waals surface area contributed by atoms with Gasteiger partial charge in [0.15, 0.2) is 0 Å². The molecule has 3 N–H and O–H groups in total. The number of primary amides is 1. The third-order valence-electron chi connectivity index (χ3n) is 5.30. The number of rotatable bonds is 5. The van der Waals surface area contributed by atoms with E-state index in [0.717, 1.165) is 30.9 Å². The molecule has 24 heavy (non-hydrogen) atoms. The van der Waals surface area contributed by atoms with E-state index in [4.69, 9.17) is 5.73 Å². The van der Waals surface area contributed by atoms with E-state index in [0.29, 0.717) is 19.5 Å². The van der Waals surface area contributed by atoms with E-state index in [2.05, 4.69) is 29.6 Å². The summed E-state index contributed by atoms with van der Waals surface area (Å²) in [5.41, 5.74) is 7.81. The lowest BCUT2D eigenvalue weighted by molar-refractivity contribution is -0.119. The molecule has 1 aliphatic carbocycles. The monoisotopic (exact) mass is 329 g/mol. The van der Waals surface area contributed by atoms with E-state index in [1.54, 1.807) is 4.90 Å². The van der Waals surface area contributed by atoms with Gasteiger partial charge in [-0.05, 0) is 48.6 Å². The zero-order valence-corrected chi connectivity index (χ0v) is 14.2. The molecule has 0 spiro atoms. The van der Waals surface area contributed by atoms with Crippen molar-refractivity contribution in [3.05, 3.63) is 35.4 Å². The fraction of sp³-hybridized carbons (Fsp3) is 0.579. The molecule has 1 unspecified atom stereocenters. The van der Waals surface area contributed by atoms with E-state index in [1.807, 2.05) is 0 Å². The second-order valence-corrected chi connectivity index (χ2v) is 7.15. The van der Waals surface area contributed by atoms with Gasteiger partial charge >= 0.3 is 6.03 Å². The molecule has 2 aliphatic rings. The first kappa shape index (κ1) is 16.8. The van der Waals surface area contributed by atoms with Crippen molar-refractivity contribution in [2.45, 2.75) is 51.0 Å². The zero-order valence-electron chi connectivity index (χ0n) is 14.2. The van der Waals surface area contributed by atoms with Gasteiger partial charge in [0, 0.05) is 26.1 Å². The molecular weight excluding hydrogens is 302 g/mol. The molecule has 1 aromatic carbocycles. The van der Waals surface area contributed by atoms with Gasteiger partial charge < -0.3 is 16.0 Å². The van der Waals surface area contributed by atoms with E-state index in [1.165, 1.54) is 24.8 Å². The van der Waals surface area contributed by atoms with Crippen molar-refractivity contribution in [2.75, 3.05) is 13.1 Å². The maximum absolute atomic E-state index is 12.3. The highest BCUT2D eigenvalue weighted by molar-refractivity contribution is 5.75. The van der Waals surface area contributed by atoms with Crippen molar-refractivity contribution in [1.82, 2.24) is 10.2 Å². The van der Waals surface area contributed by atoms with Crippen molar-refractivity contribution in [2.24, 2.45) is 11.7 Å². The highest BCUT2D eigenvalue weighted by Crippen LogP contribution is 2.36. The molecule has 1 atom stereocenters. The number of urea groups is 1. The summed E-state index contributed by atoms with van der Waals surface area (Å²) >= 11 is 0. The van der Waals surface area contributed by atoms with Crippen LogP contribution in [0.1, 0.15) is 55.6 Å². The van der Waals surface area contributed by atoms with Gasteiger partial charge in [0.1, 0.15) is 0 Å². The van der Waals surface area contributed by atoms with E-state index in [-0.39, 0.29) is 17.9 Å². The van der Waals surface area contributed by atoms with Crippen LogP contribution in [-0.4, -0.2) is 29.9 Å². The Kier molecular flexibility index (Phi) is 5.38. The normalized spacial score (nSPS) is 21.2. The van der Waals surface area contributed by atoms with Gasteiger partial charge in [-0.25, -0.2) is 4.79 Å². The molecule has 0 bridgehead atoms. The number of hydrogen-bond acceptors (Lipinski definition) is 2. The predicted octanol–water partition coefficient (Wildman–Crippen LogP) is 2.75. The van der Waals surface area contributed by atoms with Crippen LogP contribution in [0.25, 0.3) is 0 Å². The quantitative estimate of drug-likeness (QED) is 0.871. The Balaban J connectivity index is 1.46. The molecule has 3 amide bonds. The summed E-state index contributed by atoms with van der Waals surface area (Å²) < 4.78 is 0. The molecule has 130 valence electrons. The summed E-state index contributed by atoms with van der Waals surface area (Å²) in [6.45, 7) is 1.91. The number of piperidine rings is 1. The molecule has 0 aromatic heterocycles. The molecule has 5 nitrogen and oxygen atoms in total. The topological polar surface area (TPSA) is 75.4 Å². The van der Waals surface area contributed by atoms with Crippen LogP contribution < -0.4 is 11.1 Å². The molecule has 0 radical (unpaired) electrons. The number of carbonyl (C=O) groups excluding carboxylic acids is 2. The van der Waals surface area contributed by atoms with Gasteiger partial charge in [0.05, 0.1) is 0 Å². The van der Waals surface area contributed by atoms with Crippen LogP contribution in [-0.2, 0) is 11.3 Å². The minimum atomic E-state index is -0.284. The summed E-state index contributed by atoms with van der Waals surface area (Å²) in [5.74, 6) is 0.654. The van der Waals surface area contributed by atoms with Gasteiger partial charge in [0.2, 0.25) is 5.91 Å². The van der Waals surface area contributed by atoms with E-state index < -0.39 is 0 Å². The second kappa shape index (κ2) is 7.69. The zero-order chi connectivity index (χ0) is 16.9. The predicted molar refractivity (Wildman–Crippen MR) is 93.4 cm³/mol. The number of nitrogens with two attached hydrogens (primary N) is 1. The SMILES string of the molecule is NC(=O)CC1CCCN(C(=O)NCc2ccc(C3CCC3)cc2)C1. The van der Waals surface area contributed by atoms with Crippen LogP contribution in [0.3, 0.4) is 0 Å². The first-order valence-corrected chi connectivity index (χ1v) is 9.01. The fourth-order valence-corrected chi connectivity index (χ4v) is 3.64. The lowest BCUT2D eigenvalue weighted by Crippen LogP contribution is -2.45. The minimum absolute atomic E-state index is 0.0489. The molecule has 3 rings (SSSR count). The molecule has 1 saturated heterocycles. The van der Waals surface area contributed by atoms with Crippen LogP contribution in [0.5, 0.6) is 0 Å². The van der Waals surface area contributed by atoms with Gasteiger partial charge in [0.25, 0.3) is 0 Å². The van der Waals surface area contributed by atoms with Gasteiger partial charge in [-0.1, -0.05) is 30.7 Å². The average molecular weight is 329 g/mol. The van der Waals surface area contributed by atoms with E-state index >= 15 is 0 Å². The van der Waals surface area contributed by atoms with Gasteiger partial charge in [-0.15, -0.1) is 0 Å². The first-order valence-electron chi connectivity index (χ1n) is 9.01. The van der Waals surface area contributed by atoms with Gasteiger partial charge in [-0.3, -0.25) is 4.79 Å². The number of nitrogens with one attached hydrogen (secondary N) is 1. The number of carbonyl (C=O) groups is 2. The van der Waals surface area contributed by atoms with Crippen LogP contribution in [0.4, 0.5) is 4.79 Å². The lowest BCUT2D eigenvalue weighted by Gasteiger charge is -2.32. The van der Waals surface area contributed by atoms with Crippen molar-refractivity contribution in [1.29, 1.82) is 0 Å². The Bertz CT molecular complexity index is 581. The number of hydrogen-bond donors (Lipinski definition) is 2. The maximum atomic E-state index is 12.3. The molecule has 5 heteroatoms. The number of likely N-dealkylation sites (tertiary alicyclic amines) is 1. The van der Waals surface area contributed by atoms with E-state index in [9.17, 15) is 9.59 Å². The number of amides is 3. The first-order chi connectivity index (χ1) is 11.6. The minimum Gasteiger partial charge on any atom is -0.370 e. The molecular formula is C19H27N3O2. The highest BCUT2D eigenvalue weighted by atomic mass is 16.2. The molecule has 2 fully saturated rings. The summed E-state index contributed by atoms with van der Waals surface area (Å²) in [7, 11) is 0. The van der Waals surface area contributed by atoms with Crippen molar-refractivity contribution in [3.8, 4) is 0 Å². The summed E-state index contributed by atoms with van der Waals surface area (Å²) in [6.07, 6.45) is 6.22. The Morgan fingerprint density at radius 1 is 1.12 bits per heavy atom. The van der Waals surface area contributed by atoms with Crippen molar-refractivity contribution < 1.29 is 9.59 Å². The fourth-order valence-electron chi connectivity index (χ4n) is 3.64. The standard InChI is InChI=1S/C19H27N3O2/c20-18(23)11-15-3-2-10-22(13-15)19(24)21-12-14-6-8-17(9-7-14)16-4-1-5-16/h6-9,15-16H,1-5,10-13H2,(H2,20,23)(H,21,24). The third-order valence-corrected chi connectivity index (χ3v) is 5.30. The van der Waals surface area contributed by atoms with Crippen LogP contribution in [0.15, 0.2) is 24.3 Å². The summed E-state index contributed by atoms with van der Waals surface area (Å²) in [4.78, 5) is 25.2. The van der Waals surface area contributed by atoms with Crippen molar-refractivity contribution in [3.63, 3.8) is 0 Å². The number of nitrogens with zero attached hydrogens (tertiary/aromatic N) is 1. The maximum Gasteiger partial charge on any atom is 0.317 e. The van der Waals surface area contributed by atoms with Crippen LogP contribution in [0, 0.1) is 5.92 Å². The molecule has 1 saturated carbocycles. The summed E-state index contributed by atoms with van der Waals surface area (Å²) in [6, 6.07) is 8.55. The molecule has 1 aromatic rings. The van der Waals surface area contributed by atoms with Crippen molar-refractivity contribution >= 4 is 11.9 Å². The molecule has 1 heterocycles. The Hall–Kier alpha value is -2.04. The van der Waals surface area contributed by atoms with Gasteiger partial charge in [-0.2, -0.15) is 0 Å². The lowest BCUT2D eigenvalue weighted by atomic mass is 9.80. The highest BCUT2D eigenvalue weighted by Gasteiger charge is 2.24. The number of benzene rings is 1. The Morgan fingerprint density at radius 3 is 2.50 bits per heavy atom.